The maximum atomic E-state index is 13.0. The molecule has 0 radical (unpaired) electrons. The lowest BCUT2D eigenvalue weighted by molar-refractivity contribution is -0.149. The van der Waals surface area contributed by atoms with Gasteiger partial charge in [-0.25, -0.2) is 0 Å². The molecule has 1 aromatic carbocycles. The predicted octanol–water partition coefficient (Wildman–Crippen LogP) is 2.95. The molecule has 2 aliphatic rings. The summed E-state index contributed by atoms with van der Waals surface area (Å²) in [6.07, 6.45) is 1.48. The maximum Gasteiger partial charge on any atom is 0.310 e. The van der Waals surface area contributed by atoms with Crippen LogP contribution < -0.4 is 5.32 Å². The van der Waals surface area contributed by atoms with E-state index in [-0.39, 0.29) is 29.5 Å². The molecule has 1 fully saturated rings. The number of rotatable bonds is 5. The van der Waals surface area contributed by atoms with Crippen LogP contribution in [0.5, 0.6) is 0 Å². The van der Waals surface area contributed by atoms with Crippen molar-refractivity contribution in [1.29, 1.82) is 0 Å². The molecule has 2 amide bonds. The van der Waals surface area contributed by atoms with Crippen LogP contribution in [0.1, 0.15) is 35.7 Å². The van der Waals surface area contributed by atoms with Crippen molar-refractivity contribution in [3.63, 3.8) is 0 Å². The van der Waals surface area contributed by atoms with Crippen molar-refractivity contribution in [2.45, 2.75) is 26.7 Å². The van der Waals surface area contributed by atoms with Gasteiger partial charge in [-0.05, 0) is 44.4 Å². The highest BCUT2D eigenvalue weighted by Gasteiger charge is 2.30. The second-order valence-electron chi connectivity index (χ2n) is 7.03. The molecular formula is C21H26N2O5S. The summed E-state index contributed by atoms with van der Waals surface area (Å²) in [6.45, 7) is 5.43. The molecule has 0 aromatic heterocycles. The number of aryl methyl sites for hydroxylation is 1. The quantitative estimate of drug-likeness (QED) is 0.740. The molecule has 1 aromatic rings. The van der Waals surface area contributed by atoms with Crippen LogP contribution in [0, 0.1) is 12.8 Å². The van der Waals surface area contributed by atoms with Gasteiger partial charge in [0.2, 0.25) is 0 Å². The van der Waals surface area contributed by atoms with Gasteiger partial charge < -0.3 is 19.7 Å². The van der Waals surface area contributed by atoms with Crippen LogP contribution in [0.3, 0.4) is 0 Å². The van der Waals surface area contributed by atoms with Gasteiger partial charge in [-0.2, -0.15) is 0 Å². The van der Waals surface area contributed by atoms with Gasteiger partial charge in [-0.3, -0.25) is 14.4 Å². The summed E-state index contributed by atoms with van der Waals surface area (Å²) in [7, 11) is 0. The van der Waals surface area contributed by atoms with E-state index < -0.39 is 0 Å². The average molecular weight is 419 g/mol. The zero-order valence-electron chi connectivity index (χ0n) is 16.7. The molecule has 3 rings (SSSR count). The number of thioether (sulfide) groups is 1. The van der Waals surface area contributed by atoms with E-state index >= 15 is 0 Å². The number of esters is 1. The molecule has 2 heterocycles. The van der Waals surface area contributed by atoms with Crippen molar-refractivity contribution < 1.29 is 23.9 Å². The van der Waals surface area contributed by atoms with Gasteiger partial charge in [0.1, 0.15) is 0 Å². The van der Waals surface area contributed by atoms with Gasteiger partial charge in [0.05, 0.1) is 19.1 Å². The monoisotopic (exact) mass is 418 g/mol. The second kappa shape index (κ2) is 9.82. The van der Waals surface area contributed by atoms with Crippen LogP contribution in [0.4, 0.5) is 5.69 Å². The smallest absolute Gasteiger partial charge is 0.310 e. The first kappa shape index (κ1) is 21.2. The standard InChI is InChI=1S/C21H26N2O5S/c1-3-27-21(26)16-5-4-8-23(12-16)20(25)15-7-6-14(2)17(11-15)22-19(24)18-13-29-10-9-28-18/h6-7,11,13,16H,3-5,8-10,12H2,1-2H3,(H,22,24)/t16-/m0/s1. The minimum atomic E-state index is -0.328. The fourth-order valence-corrected chi connectivity index (χ4v) is 3.98. The molecule has 2 aliphatic heterocycles. The number of ether oxygens (including phenoxy) is 2. The van der Waals surface area contributed by atoms with E-state index in [4.69, 9.17) is 9.47 Å². The van der Waals surface area contributed by atoms with Gasteiger partial charge in [-0.15, -0.1) is 11.8 Å². The molecule has 1 N–H and O–H groups in total. The topological polar surface area (TPSA) is 84.9 Å². The van der Waals surface area contributed by atoms with Crippen LogP contribution in [0.2, 0.25) is 0 Å². The van der Waals surface area contributed by atoms with Crippen LogP contribution in [-0.2, 0) is 19.1 Å². The molecule has 7 nitrogen and oxygen atoms in total. The first-order valence-corrected chi connectivity index (χ1v) is 10.9. The van der Waals surface area contributed by atoms with Gasteiger partial charge >= 0.3 is 5.97 Å². The molecule has 0 spiro atoms. The maximum absolute atomic E-state index is 13.0. The summed E-state index contributed by atoms with van der Waals surface area (Å²) in [6, 6.07) is 5.23. The van der Waals surface area contributed by atoms with Crippen molar-refractivity contribution in [1.82, 2.24) is 4.90 Å². The van der Waals surface area contributed by atoms with E-state index in [0.717, 1.165) is 24.2 Å². The third-order valence-corrected chi connectivity index (χ3v) is 5.72. The minimum Gasteiger partial charge on any atom is -0.487 e. The van der Waals surface area contributed by atoms with Crippen molar-refractivity contribution in [2.75, 3.05) is 37.4 Å². The Kier molecular flexibility index (Phi) is 7.19. The fourth-order valence-electron chi connectivity index (χ4n) is 3.36. The number of carbonyl (C=O) groups excluding carboxylic acids is 3. The van der Waals surface area contributed by atoms with E-state index in [9.17, 15) is 14.4 Å². The zero-order valence-corrected chi connectivity index (χ0v) is 17.5. The molecule has 1 saturated heterocycles. The number of nitrogens with one attached hydrogen (secondary N) is 1. The summed E-state index contributed by atoms with van der Waals surface area (Å²) in [5, 5.41) is 4.53. The largest absolute Gasteiger partial charge is 0.487 e. The lowest BCUT2D eigenvalue weighted by Gasteiger charge is -2.31. The van der Waals surface area contributed by atoms with E-state index in [0.29, 0.717) is 37.6 Å². The number of carbonyl (C=O) groups is 3. The lowest BCUT2D eigenvalue weighted by atomic mass is 9.97. The summed E-state index contributed by atoms with van der Waals surface area (Å²) in [5.41, 5.74) is 1.89. The summed E-state index contributed by atoms with van der Waals surface area (Å²) < 4.78 is 10.5. The molecule has 0 bridgehead atoms. The van der Waals surface area contributed by atoms with Crippen LogP contribution in [-0.4, -0.2) is 54.7 Å². The Hall–Kier alpha value is -2.48. The highest BCUT2D eigenvalue weighted by atomic mass is 32.2. The van der Waals surface area contributed by atoms with Crippen LogP contribution in [0.25, 0.3) is 0 Å². The molecule has 156 valence electrons. The number of anilines is 1. The fraction of sp³-hybridized carbons (Fsp3) is 0.476. The van der Waals surface area contributed by atoms with Gasteiger partial charge in [0.25, 0.3) is 11.8 Å². The number of nitrogens with zero attached hydrogens (tertiary/aromatic N) is 1. The van der Waals surface area contributed by atoms with Crippen LogP contribution in [0.15, 0.2) is 29.4 Å². The van der Waals surface area contributed by atoms with Gasteiger partial charge in [-0.1, -0.05) is 6.07 Å². The number of benzene rings is 1. The number of amides is 2. The highest BCUT2D eigenvalue weighted by Crippen LogP contribution is 2.24. The molecule has 29 heavy (non-hydrogen) atoms. The zero-order chi connectivity index (χ0) is 20.8. The summed E-state index contributed by atoms with van der Waals surface area (Å²) in [4.78, 5) is 39.1. The minimum absolute atomic E-state index is 0.154. The second-order valence-corrected chi connectivity index (χ2v) is 8.00. The third kappa shape index (κ3) is 5.32. The Labute approximate surface area is 174 Å². The number of hydrogen-bond donors (Lipinski definition) is 1. The average Bonchev–Trinajstić information content (AvgIpc) is 2.75. The van der Waals surface area contributed by atoms with E-state index in [1.165, 1.54) is 11.8 Å². The van der Waals surface area contributed by atoms with Crippen molar-refractivity contribution in [2.24, 2.45) is 5.92 Å². The first-order chi connectivity index (χ1) is 14.0. The lowest BCUT2D eigenvalue weighted by Crippen LogP contribution is -2.42. The number of piperidine rings is 1. The molecular weight excluding hydrogens is 392 g/mol. The SMILES string of the molecule is CCOC(=O)[C@H]1CCCN(C(=O)c2ccc(C)c(NC(=O)C3=CSCCO3)c2)C1. The highest BCUT2D eigenvalue weighted by molar-refractivity contribution is 8.02. The van der Waals surface area contributed by atoms with E-state index in [1.807, 2.05) is 6.92 Å². The third-order valence-electron chi connectivity index (χ3n) is 4.93. The molecule has 0 saturated carbocycles. The van der Waals surface area contributed by atoms with E-state index in [2.05, 4.69) is 5.32 Å². The van der Waals surface area contributed by atoms with Crippen molar-refractivity contribution in [3.8, 4) is 0 Å². The predicted molar refractivity (Wildman–Crippen MR) is 112 cm³/mol. The Morgan fingerprint density at radius 1 is 1.34 bits per heavy atom. The number of likely N-dealkylation sites (tertiary alicyclic amines) is 1. The summed E-state index contributed by atoms with van der Waals surface area (Å²) >= 11 is 1.53. The molecule has 1 atom stereocenters. The molecule has 0 aliphatic carbocycles. The van der Waals surface area contributed by atoms with Crippen molar-refractivity contribution >= 4 is 35.2 Å². The van der Waals surface area contributed by atoms with Gasteiger partial charge in [0, 0.05) is 35.5 Å². The Morgan fingerprint density at radius 2 is 2.17 bits per heavy atom. The summed E-state index contributed by atoms with van der Waals surface area (Å²) in [5.74, 6) is 0.0855. The van der Waals surface area contributed by atoms with E-state index in [1.54, 1.807) is 35.4 Å². The normalized spacial score (nSPS) is 19.0. The Balaban J connectivity index is 1.71. The van der Waals surface area contributed by atoms with Crippen LogP contribution >= 0.6 is 11.8 Å². The van der Waals surface area contributed by atoms with Crippen molar-refractivity contribution in [3.05, 3.63) is 40.5 Å². The molecule has 8 heteroatoms. The Morgan fingerprint density at radius 3 is 2.90 bits per heavy atom. The number of hydrogen-bond acceptors (Lipinski definition) is 6. The molecule has 0 unspecified atom stereocenters. The Bertz CT molecular complexity index is 823. The first-order valence-electron chi connectivity index (χ1n) is 9.82. The van der Waals surface area contributed by atoms with Gasteiger partial charge in [0.15, 0.2) is 5.76 Å².